The second-order valence-electron chi connectivity index (χ2n) is 4.20. The summed E-state index contributed by atoms with van der Waals surface area (Å²) in [4.78, 5) is 0. The maximum absolute atomic E-state index is 5.65. The Morgan fingerprint density at radius 1 is 1.25 bits per heavy atom. The molecule has 0 amide bonds. The van der Waals surface area contributed by atoms with E-state index in [4.69, 9.17) is 11.6 Å². The Balaban J connectivity index is 1.69. The topological polar surface area (TPSA) is 0 Å². The largest absolute Gasteiger partial charge is 0.160 e. The highest BCUT2D eigenvalue weighted by atomic mass is 35.5. The number of fused-ring (bicyclic) bond motifs is 2. The van der Waals surface area contributed by atoms with Gasteiger partial charge in [0.05, 0.1) is 0 Å². The number of alkyl halides is 1. The third kappa shape index (κ3) is 1.93. The van der Waals surface area contributed by atoms with Gasteiger partial charge in [0.2, 0.25) is 0 Å². The molecule has 2 fully saturated rings. The van der Waals surface area contributed by atoms with E-state index in [-0.39, 0.29) is 0 Å². The molecule has 3 unspecified atom stereocenters. The van der Waals surface area contributed by atoms with Gasteiger partial charge in [-0.1, -0.05) is 6.42 Å². The fraction of sp³-hybridized carbons (Fsp3) is 1.00. The van der Waals surface area contributed by atoms with Gasteiger partial charge in [0.25, 0.3) is 0 Å². The highest BCUT2D eigenvalue weighted by molar-refractivity contribution is 7.99. The summed E-state index contributed by atoms with van der Waals surface area (Å²) in [7, 11) is 0. The van der Waals surface area contributed by atoms with Crippen LogP contribution in [0.1, 0.15) is 25.7 Å². The predicted molar refractivity (Wildman–Crippen MR) is 57.0 cm³/mol. The molecule has 0 saturated heterocycles. The Labute approximate surface area is 84.4 Å². The molecule has 0 heterocycles. The van der Waals surface area contributed by atoms with Gasteiger partial charge in [-0.25, -0.2) is 0 Å². The third-order valence-electron chi connectivity index (χ3n) is 3.44. The van der Waals surface area contributed by atoms with Crippen molar-refractivity contribution in [2.45, 2.75) is 25.7 Å². The van der Waals surface area contributed by atoms with Gasteiger partial charge in [0.1, 0.15) is 0 Å². The molecule has 0 nitrogen and oxygen atoms in total. The lowest BCUT2D eigenvalue weighted by Gasteiger charge is -2.20. The summed E-state index contributed by atoms with van der Waals surface area (Å²) in [5, 5.41) is 0. The SMILES string of the molecule is ClCCSCC1CC2CCC1C2. The molecular formula is C10H17ClS. The first-order chi connectivity index (χ1) is 5.90. The minimum absolute atomic E-state index is 0.825. The Morgan fingerprint density at radius 2 is 2.17 bits per heavy atom. The Bertz CT molecular complexity index is 149. The van der Waals surface area contributed by atoms with Crippen molar-refractivity contribution in [3.63, 3.8) is 0 Å². The van der Waals surface area contributed by atoms with Crippen molar-refractivity contribution >= 4 is 23.4 Å². The summed E-state index contributed by atoms with van der Waals surface area (Å²) in [6.07, 6.45) is 6.13. The van der Waals surface area contributed by atoms with Crippen LogP contribution in [-0.4, -0.2) is 17.4 Å². The van der Waals surface area contributed by atoms with Gasteiger partial charge in [0, 0.05) is 11.6 Å². The Morgan fingerprint density at radius 3 is 2.75 bits per heavy atom. The molecule has 2 rings (SSSR count). The fourth-order valence-electron chi connectivity index (χ4n) is 2.87. The first kappa shape index (κ1) is 9.21. The molecule has 0 aromatic rings. The highest BCUT2D eigenvalue weighted by Crippen LogP contribution is 2.49. The molecule has 2 saturated carbocycles. The zero-order chi connectivity index (χ0) is 8.39. The van der Waals surface area contributed by atoms with E-state index in [1.165, 1.54) is 25.0 Å². The van der Waals surface area contributed by atoms with Crippen LogP contribution in [0.4, 0.5) is 0 Å². The van der Waals surface area contributed by atoms with Gasteiger partial charge in [-0.05, 0) is 42.8 Å². The number of thioether (sulfide) groups is 1. The van der Waals surface area contributed by atoms with Crippen molar-refractivity contribution in [2.24, 2.45) is 17.8 Å². The highest BCUT2D eigenvalue weighted by Gasteiger charge is 2.38. The van der Waals surface area contributed by atoms with Gasteiger partial charge in [-0.3, -0.25) is 0 Å². The fourth-order valence-corrected chi connectivity index (χ4v) is 4.18. The average molecular weight is 205 g/mol. The number of halogens is 1. The van der Waals surface area contributed by atoms with Crippen molar-refractivity contribution in [1.29, 1.82) is 0 Å². The van der Waals surface area contributed by atoms with Crippen molar-refractivity contribution in [3.05, 3.63) is 0 Å². The second kappa shape index (κ2) is 4.23. The van der Waals surface area contributed by atoms with E-state index in [1.807, 2.05) is 0 Å². The van der Waals surface area contributed by atoms with E-state index in [1.54, 1.807) is 6.42 Å². The first-order valence-corrected chi connectivity index (χ1v) is 6.72. The molecule has 0 aromatic heterocycles. The number of hydrogen-bond donors (Lipinski definition) is 0. The lowest BCUT2D eigenvalue weighted by molar-refractivity contribution is 0.365. The zero-order valence-corrected chi connectivity index (χ0v) is 9.04. The molecule has 0 radical (unpaired) electrons. The van der Waals surface area contributed by atoms with Crippen LogP contribution in [0.2, 0.25) is 0 Å². The normalized spacial score (nSPS) is 39.2. The van der Waals surface area contributed by atoms with E-state index in [9.17, 15) is 0 Å². The van der Waals surface area contributed by atoms with Gasteiger partial charge in [-0.15, -0.1) is 11.6 Å². The van der Waals surface area contributed by atoms with Gasteiger partial charge in [0.15, 0.2) is 0 Å². The smallest absolute Gasteiger partial charge is 0.0314 e. The summed E-state index contributed by atoms with van der Waals surface area (Å²) in [5.41, 5.74) is 0. The van der Waals surface area contributed by atoms with Crippen molar-refractivity contribution < 1.29 is 0 Å². The minimum Gasteiger partial charge on any atom is -0.160 e. The van der Waals surface area contributed by atoms with E-state index < -0.39 is 0 Å². The quantitative estimate of drug-likeness (QED) is 0.500. The van der Waals surface area contributed by atoms with Gasteiger partial charge < -0.3 is 0 Å². The standard InChI is InChI=1S/C10H17ClS/c11-3-4-12-7-10-6-8-1-2-9(10)5-8/h8-10H,1-7H2. The monoisotopic (exact) mass is 204 g/mol. The van der Waals surface area contributed by atoms with Crippen LogP contribution >= 0.6 is 23.4 Å². The molecule has 0 N–H and O–H groups in total. The summed E-state index contributed by atoms with van der Waals surface area (Å²) in [5.74, 6) is 6.61. The number of hydrogen-bond acceptors (Lipinski definition) is 1. The Kier molecular flexibility index (Phi) is 3.25. The molecule has 2 aliphatic carbocycles. The van der Waals surface area contributed by atoms with Crippen LogP contribution in [0.5, 0.6) is 0 Å². The maximum atomic E-state index is 5.65. The molecule has 2 heteroatoms. The lowest BCUT2D eigenvalue weighted by Crippen LogP contribution is -2.13. The maximum Gasteiger partial charge on any atom is 0.0314 e. The van der Waals surface area contributed by atoms with Crippen LogP contribution in [0.25, 0.3) is 0 Å². The average Bonchev–Trinajstić information content (AvgIpc) is 2.65. The Hall–Kier alpha value is 0.640. The summed E-state index contributed by atoms with van der Waals surface area (Å²) >= 11 is 7.70. The van der Waals surface area contributed by atoms with E-state index in [0.29, 0.717) is 0 Å². The molecule has 12 heavy (non-hydrogen) atoms. The molecular weight excluding hydrogens is 188 g/mol. The van der Waals surface area contributed by atoms with Crippen LogP contribution < -0.4 is 0 Å². The molecule has 2 bridgehead atoms. The predicted octanol–water partition coefficient (Wildman–Crippen LogP) is 3.39. The first-order valence-electron chi connectivity index (χ1n) is 5.04. The van der Waals surface area contributed by atoms with Crippen molar-refractivity contribution in [3.8, 4) is 0 Å². The molecule has 0 aliphatic heterocycles. The van der Waals surface area contributed by atoms with Gasteiger partial charge >= 0.3 is 0 Å². The van der Waals surface area contributed by atoms with E-state index in [0.717, 1.165) is 29.4 Å². The van der Waals surface area contributed by atoms with Crippen molar-refractivity contribution in [2.75, 3.05) is 17.4 Å². The van der Waals surface area contributed by atoms with E-state index in [2.05, 4.69) is 11.8 Å². The summed E-state index contributed by atoms with van der Waals surface area (Å²) in [6, 6.07) is 0. The molecule has 0 aromatic carbocycles. The molecule has 2 aliphatic rings. The van der Waals surface area contributed by atoms with Crippen LogP contribution in [0.3, 0.4) is 0 Å². The van der Waals surface area contributed by atoms with Crippen molar-refractivity contribution in [1.82, 2.24) is 0 Å². The van der Waals surface area contributed by atoms with Crippen LogP contribution in [-0.2, 0) is 0 Å². The third-order valence-corrected chi connectivity index (χ3v) is 5.01. The lowest BCUT2D eigenvalue weighted by atomic mass is 9.90. The summed E-state index contributed by atoms with van der Waals surface area (Å²) < 4.78 is 0. The molecule has 0 spiro atoms. The molecule has 70 valence electrons. The summed E-state index contributed by atoms with van der Waals surface area (Å²) in [6.45, 7) is 0. The molecule has 3 atom stereocenters. The van der Waals surface area contributed by atoms with Crippen LogP contribution in [0, 0.1) is 17.8 Å². The minimum atomic E-state index is 0.825. The van der Waals surface area contributed by atoms with Gasteiger partial charge in [-0.2, -0.15) is 11.8 Å². The zero-order valence-electron chi connectivity index (χ0n) is 7.47. The number of rotatable bonds is 4. The second-order valence-corrected chi connectivity index (χ2v) is 5.73. The van der Waals surface area contributed by atoms with Crippen LogP contribution in [0.15, 0.2) is 0 Å². The van der Waals surface area contributed by atoms with E-state index >= 15 is 0 Å².